The molecule has 0 aromatic heterocycles. The monoisotopic (exact) mass is 314 g/mol. The number of likely N-dealkylation sites (tertiary alicyclic amines) is 1. The maximum Gasteiger partial charge on any atom is 0.233 e. The Morgan fingerprint density at radius 3 is 2.57 bits per heavy atom. The van der Waals surface area contributed by atoms with Gasteiger partial charge < -0.3 is 10.6 Å². The van der Waals surface area contributed by atoms with E-state index in [0.29, 0.717) is 12.5 Å². The van der Waals surface area contributed by atoms with Gasteiger partial charge >= 0.3 is 0 Å². The maximum atomic E-state index is 13.5. The number of carbonyl (C=O) groups is 1. The van der Waals surface area contributed by atoms with E-state index in [4.69, 9.17) is 5.73 Å². The number of aryl methyl sites for hydroxylation is 1. The van der Waals surface area contributed by atoms with Crippen molar-refractivity contribution in [3.63, 3.8) is 0 Å². The van der Waals surface area contributed by atoms with Gasteiger partial charge in [-0.1, -0.05) is 56.0 Å². The van der Waals surface area contributed by atoms with E-state index < -0.39 is 0 Å². The Bertz CT molecular complexity index is 577. The number of amides is 1. The van der Waals surface area contributed by atoms with Crippen LogP contribution in [0.25, 0.3) is 0 Å². The van der Waals surface area contributed by atoms with Crippen LogP contribution in [0.1, 0.15) is 56.6 Å². The zero-order chi connectivity index (χ0) is 16.5. The normalized spacial score (nSPS) is 27.2. The minimum absolute atomic E-state index is 0.0954. The Balaban J connectivity index is 1.92. The highest BCUT2D eigenvalue weighted by Gasteiger charge is 2.46. The molecule has 1 aliphatic heterocycles. The van der Waals surface area contributed by atoms with Gasteiger partial charge in [-0.2, -0.15) is 0 Å². The van der Waals surface area contributed by atoms with Gasteiger partial charge in [0.05, 0.1) is 5.41 Å². The summed E-state index contributed by atoms with van der Waals surface area (Å²) in [6.07, 6.45) is 6.57. The summed E-state index contributed by atoms with van der Waals surface area (Å²) in [6, 6.07) is 8.60. The van der Waals surface area contributed by atoms with Crippen LogP contribution in [0.2, 0.25) is 0 Å². The van der Waals surface area contributed by atoms with E-state index in [9.17, 15) is 4.79 Å². The van der Waals surface area contributed by atoms with Crippen molar-refractivity contribution in [1.82, 2.24) is 4.90 Å². The van der Waals surface area contributed by atoms with Crippen LogP contribution in [-0.2, 0) is 10.2 Å². The van der Waals surface area contributed by atoms with E-state index in [1.807, 2.05) is 0 Å². The van der Waals surface area contributed by atoms with Gasteiger partial charge in [-0.05, 0) is 43.7 Å². The molecule has 1 atom stereocenters. The highest BCUT2D eigenvalue weighted by atomic mass is 16.2. The number of benzene rings is 1. The van der Waals surface area contributed by atoms with E-state index in [1.54, 1.807) is 0 Å². The summed E-state index contributed by atoms with van der Waals surface area (Å²) < 4.78 is 0. The lowest BCUT2D eigenvalue weighted by Crippen LogP contribution is -2.48. The first-order valence-corrected chi connectivity index (χ1v) is 9.06. The smallest absolute Gasteiger partial charge is 0.233 e. The predicted molar refractivity (Wildman–Crippen MR) is 94.3 cm³/mol. The Kier molecular flexibility index (Phi) is 4.50. The summed E-state index contributed by atoms with van der Waals surface area (Å²) in [5, 5.41) is 0. The molecule has 23 heavy (non-hydrogen) atoms. The van der Waals surface area contributed by atoms with Crippen molar-refractivity contribution in [3.8, 4) is 0 Å². The van der Waals surface area contributed by atoms with Gasteiger partial charge in [-0.25, -0.2) is 0 Å². The summed E-state index contributed by atoms with van der Waals surface area (Å²) in [4.78, 5) is 15.6. The van der Waals surface area contributed by atoms with Crippen molar-refractivity contribution >= 4 is 5.91 Å². The lowest BCUT2D eigenvalue weighted by atomic mass is 9.68. The Morgan fingerprint density at radius 2 is 1.96 bits per heavy atom. The summed E-state index contributed by atoms with van der Waals surface area (Å²) in [5.74, 6) is 0.347. The van der Waals surface area contributed by atoms with Gasteiger partial charge in [0.15, 0.2) is 0 Å². The van der Waals surface area contributed by atoms with Crippen LogP contribution in [0.5, 0.6) is 0 Å². The van der Waals surface area contributed by atoms with E-state index >= 15 is 0 Å². The van der Waals surface area contributed by atoms with Gasteiger partial charge in [0.25, 0.3) is 0 Å². The molecular weight excluding hydrogens is 284 g/mol. The second-order valence-corrected chi connectivity index (χ2v) is 8.00. The first kappa shape index (κ1) is 16.5. The molecule has 1 aromatic carbocycles. The largest absolute Gasteiger partial charge is 0.341 e. The summed E-state index contributed by atoms with van der Waals surface area (Å²) in [6.45, 7) is 6.66. The number of nitrogens with zero attached hydrogens (tertiary/aromatic N) is 1. The van der Waals surface area contributed by atoms with Crippen molar-refractivity contribution in [3.05, 3.63) is 35.4 Å². The van der Waals surface area contributed by atoms with Crippen molar-refractivity contribution in [2.24, 2.45) is 11.1 Å². The molecule has 1 aromatic rings. The van der Waals surface area contributed by atoms with Crippen molar-refractivity contribution in [2.75, 3.05) is 19.6 Å². The fraction of sp³-hybridized carbons (Fsp3) is 0.650. The number of nitrogens with two attached hydrogens (primary N) is 1. The molecule has 1 unspecified atom stereocenters. The molecule has 1 heterocycles. The number of carbonyl (C=O) groups excluding carboxylic acids is 1. The van der Waals surface area contributed by atoms with Crippen molar-refractivity contribution < 1.29 is 4.79 Å². The van der Waals surface area contributed by atoms with Gasteiger partial charge in [0.1, 0.15) is 0 Å². The van der Waals surface area contributed by atoms with Crippen LogP contribution < -0.4 is 5.73 Å². The van der Waals surface area contributed by atoms with E-state index in [0.717, 1.165) is 45.2 Å². The molecule has 2 aliphatic rings. The Hall–Kier alpha value is -1.35. The average Bonchev–Trinajstić information content (AvgIpc) is 2.98. The van der Waals surface area contributed by atoms with Crippen LogP contribution in [0.3, 0.4) is 0 Å². The van der Waals surface area contributed by atoms with Crippen molar-refractivity contribution in [1.29, 1.82) is 0 Å². The minimum atomic E-state index is -0.301. The van der Waals surface area contributed by atoms with Crippen LogP contribution in [-0.4, -0.2) is 30.4 Å². The van der Waals surface area contributed by atoms with Crippen LogP contribution in [0, 0.1) is 12.3 Å². The quantitative estimate of drug-likeness (QED) is 0.929. The van der Waals surface area contributed by atoms with Gasteiger partial charge in [0, 0.05) is 13.1 Å². The first-order valence-electron chi connectivity index (χ1n) is 9.06. The lowest BCUT2D eigenvalue weighted by molar-refractivity contribution is -0.138. The highest BCUT2D eigenvalue weighted by Crippen LogP contribution is 2.43. The molecule has 2 N–H and O–H groups in total. The number of rotatable bonds is 3. The molecular formula is C20H30N2O. The van der Waals surface area contributed by atoms with Gasteiger partial charge in [0.2, 0.25) is 5.91 Å². The van der Waals surface area contributed by atoms with E-state index in [1.165, 1.54) is 17.5 Å². The maximum absolute atomic E-state index is 13.5. The molecule has 1 aliphatic carbocycles. The number of hydrogen-bond donors (Lipinski definition) is 1. The SMILES string of the molecule is Cc1cccc(C2(C(=O)N3CCC(C)(CN)C3)CCCCC2)c1. The second kappa shape index (κ2) is 6.27. The van der Waals surface area contributed by atoms with Crippen LogP contribution >= 0.6 is 0 Å². The standard InChI is InChI=1S/C20H30N2O/c1-16-7-6-8-17(13-16)20(9-4-3-5-10-20)18(23)22-12-11-19(2,14-21)15-22/h6-8,13H,3-5,9-12,14-15,21H2,1-2H3. The predicted octanol–water partition coefficient (Wildman–Crippen LogP) is 3.39. The molecule has 0 bridgehead atoms. The van der Waals surface area contributed by atoms with E-state index in [-0.39, 0.29) is 10.8 Å². The summed E-state index contributed by atoms with van der Waals surface area (Å²) in [7, 11) is 0. The Labute approximate surface area is 140 Å². The molecule has 126 valence electrons. The van der Waals surface area contributed by atoms with Crippen LogP contribution in [0.15, 0.2) is 24.3 Å². The highest BCUT2D eigenvalue weighted by molar-refractivity contribution is 5.88. The van der Waals surface area contributed by atoms with Crippen molar-refractivity contribution in [2.45, 2.75) is 57.8 Å². The second-order valence-electron chi connectivity index (χ2n) is 8.00. The minimum Gasteiger partial charge on any atom is -0.341 e. The molecule has 2 fully saturated rings. The number of hydrogen-bond acceptors (Lipinski definition) is 2. The molecule has 1 saturated heterocycles. The van der Waals surface area contributed by atoms with Gasteiger partial charge in [-0.15, -0.1) is 0 Å². The average molecular weight is 314 g/mol. The molecule has 0 radical (unpaired) electrons. The molecule has 1 amide bonds. The topological polar surface area (TPSA) is 46.3 Å². The zero-order valence-corrected chi connectivity index (χ0v) is 14.6. The molecule has 3 rings (SSSR count). The fourth-order valence-electron chi connectivity index (χ4n) is 4.39. The van der Waals surface area contributed by atoms with E-state index in [2.05, 4.69) is 43.0 Å². The molecule has 3 nitrogen and oxygen atoms in total. The lowest BCUT2D eigenvalue weighted by Gasteiger charge is -2.40. The Morgan fingerprint density at radius 1 is 1.22 bits per heavy atom. The van der Waals surface area contributed by atoms with Crippen LogP contribution in [0.4, 0.5) is 0 Å². The molecule has 0 spiro atoms. The summed E-state index contributed by atoms with van der Waals surface area (Å²) >= 11 is 0. The third-order valence-electron chi connectivity index (χ3n) is 6.03. The zero-order valence-electron chi connectivity index (χ0n) is 14.6. The summed E-state index contributed by atoms with van der Waals surface area (Å²) in [5.41, 5.74) is 8.20. The fourth-order valence-corrected chi connectivity index (χ4v) is 4.39. The third kappa shape index (κ3) is 3.03. The first-order chi connectivity index (χ1) is 11.0. The van der Waals surface area contributed by atoms with Gasteiger partial charge in [-0.3, -0.25) is 4.79 Å². The third-order valence-corrected chi connectivity index (χ3v) is 6.03. The molecule has 1 saturated carbocycles. The molecule has 3 heteroatoms.